The quantitative estimate of drug-likeness (QED) is 0.769. The van der Waals surface area contributed by atoms with Crippen LogP contribution in [0.5, 0.6) is 0 Å². The van der Waals surface area contributed by atoms with Crippen molar-refractivity contribution in [1.29, 1.82) is 5.26 Å². The molecule has 1 heterocycles. The van der Waals surface area contributed by atoms with Crippen molar-refractivity contribution in [2.45, 2.75) is 38.4 Å². The molecule has 0 radical (unpaired) electrons. The summed E-state index contributed by atoms with van der Waals surface area (Å²) >= 11 is 0. The monoisotopic (exact) mass is 327 g/mol. The van der Waals surface area contributed by atoms with E-state index in [0.717, 1.165) is 0 Å². The van der Waals surface area contributed by atoms with Gasteiger partial charge in [0.2, 0.25) is 10.0 Å². The summed E-state index contributed by atoms with van der Waals surface area (Å²) in [6.07, 6.45) is -5.84. The van der Waals surface area contributed by atoms with Gasteiger partial charge in [-0.2, -0.15) is 22.7 Å². The minimum atomic E-state index is -4.33. The minimum absolute atomic E-state index is 0.208. The number of hydrogen-bond donors (Lipinski definition) is 0. The van der Waals surface area contributed by atoms with Gasteiger partial charge < -0.3 is 0 Å². The lowest BCUT2D eigenvalue weighted by atomic mass is 10.0. The number of nitriles is 1. The zero-order chi connectivity index (χ0) is 16.3. The van der Waals surface area contributed by atoms with Crippen LogP contribution in [-0.2, 0) is 10.0 Å². The molecule has 0 aromatic carbocycles. The lowest BCUT2D eigenvalue weighted by Crippen LogP contribution is -2.55. The second kappa shape index (κ2) is 6.50. The Labute approximate surface area is 123 Å². The standard InChI is InChI=1S/C12H20F3N3O2S/c1-11(2,10-16)17-5-7-18(8-6-17)21(19,20)9-3-4-12(13,14)15/h3-9H2,1-2H3. The largest absolute Gasteiger partial charge is 0.389 e. The van der Waals surface area contributed by atoms with Crippen molar-refractivity contribution in [1.82, 2.24) is 9.21 Å². The SMILES string of the molecule is CC(C)(C#N)N1CCN(S(=O)(=O)CCCC(F)(F)F)CC1. The molecule has 0 spiro atoms. The average molecular weight is 327 g/mol. The molecule has 1 saturated heterocycles. The van der Waals surface area contributed by atoms with E-state index in [1.54, 1.807) is 13.8 Å². The van der Waals surface area contributed by atoms with Crippen molar-refractivity contribution in [2.24, 2.45) is 0 Å². The van der Waals surface area contributed by atoms with Gasteiger partial charge in [-0.15, -0.1) is 0 Å². The summed E-state index contributed by atoms with van der Waals surface area (Å²) in [4.78, 5) is 1.87. The van der Waals surface area contributed by atoms with Crippen molar-refractivity contribution >= 4 is 10.0 Å². The predicted molar refractivity (Wildman–Crippen MR) is 71.9 cm³/mol. The minimum Gasteiger partial charge on any atom is -0.283 e. The second-order valence-electron chi connectivity index (χ2n) is 5.59. The van der Waals surface area contributed by atoms with E-state index in [-0.39, 0.29) is 13.1 Å². The van der Waals surface area contributed by atoms with Crippen LogP contribution in [0.25, 0.3) is 0 Å². The number of hydrogen-bond acceptors (Lipinski definition) is 4. The Morgan fingerprint density at radius 2 is 1.67 bits per heavy atom. The van der Waals surface area contributed by atoms with Crippen molar-refractivity contribution < 1.29 is 21.6 Å². The predicted octanol–water partition coefficient (Wildman–Crippen LogP) is 1.58. The van der Waals surface area contributed by atoms with Crippen LogP contribution in [0.2, 0.25) is 0 Å². The molecule has 1 aliphatic heterocycles. The normalized spacial score (nSPS) is 19.4. The maximum atomic E-state index is 12.0. The molecule has 5 nitrogen and oxygen atoms in total. The van der Waals surface area contributed by atoms with Gasteiger partial charge >= 0.3 is 6.18 Å². The van der Waals surface area contributed by atoms with E-state index in [4.69, 9.17) is 5.26 Å². The number of sulfonamides is 1. The van der Waals surface area contributed by atoms with Gasteiger partial charge in [-0.25, -0.2) is 8.42 Å². The Bertz CT molecular complexity index is 489. The second-order valence-corrected chi connectivity index (χ2v) is 7.68. The maximum Gasteiger partial charge on any atom is 0.389 e. The van der Waals surface area contributed by atoms with Crippen molar-refractivity contribution in [3.63, 3.8) is 0 Å². The molecular formula is C12H20F3N3O2S. The number of rotatable bonds is 5. The van der Waals surface area contributed by atoms with Crippen LogP contribution in [0.3, 0.4) is 0 Å². The van der Waals surface area contributed by atoms with E-state index in [1.807, 2.05) is 4.90 Å². The molecule has 0 aliphatic carbocycles. The molecule has 1 rings (SSSR count). The Balaban J connectivity index is 2.51. The van der Waals surface area contributed by atoms with Crippen molar-refractivity contribution in [2.75, 3.05) is 31.9 Å². The molecule has 0 saturated carbocycles. The number of alkyl halides is 3. The molecule has 0 atom stereocenters. The number of nitrogens with zero attached hydrogens (tertiary/aromatic N) is 3. The lowest BCUT2D eigenvalue weighted by Gasteiger charge is -2.39. The molecule has 0 bridgehead atoms. The topological polar surface area (TPSA) is 64.4 Å². The van der Waals surface area contributed by atoms with Crippen molar-refractivity contribution in [3.8, 4) is 6.07 Å². The Hall–Kier alpha value is -0.850. The highest BCUT2D eigenvalue weighted by atomic mass is 32.2. The summed E-state index contributed by atoms with van der Waals surface area (Å²) in [6, 6.07) is 2.15. The van der Waals surface area contributed by atoms with E-state index < -0.39 is 40.3 Å². The van der Waals surface area contributed by atoms with E-state index in [2.05, 4.69) is 6.07 Å². The van der Waals surface area contributed by atoms with Gasteiger partial charge in [0.1, 0.15) is 5.54 Å². The van der Waals surface area contributed by atoms with Gasteiger partial charge in [0.15, 0.2) is 0 Å². The van der Waals surface area contributed by atoms with Crippen LogP contribution in [0.4, 0.5) is 13.2 Å². The van der Waals surface area contributed by atoms with E-state index in [1.165, 1.54) is 4.31 Å². The fraction of sp³-hybridized carbons (Fsp3) is 0.917. The summed E-state index contributed by atoms with van der Waals surface area (Å²) < 4.78 is 61.3. The molecule has 0 amide bonds. The van der Waals surface area contributed by atoms with Crippen LogP contribution in [0, 0.1) is 11.3 Å². The summed E-state index contributed by atoms with van der Waals surface area (Å²) in [5.41, 5.74) is -0.674. The van der Waals surface area contributed by atoms with Crippen LogP contribution < -0.4 is 0 Å². The third-order valence-electron chi connectivity index (χ3n) is 3.56. The van der Waals surface area contributed by atoms with Gasteiger partial charge in [-0.1, -0.05) is 0 Å². The van der Waals surface area contributed by atoms with Gasteiger partial charge in [-0.05, 0) is 20.3 Å². The summed E-state index contributed by atoms with van der Waals surface area (Å²) in [7, 11) is -3.66. The maximum absolute atomic E-state index is 12.0. The first-order chi connectivity index (χ1) is 9.48. The number of piperazine rings is 1. The fourth-order valence-electron chi connectivity index (χ4n) is 2.18. The average Bonchev–Trinajstić information content (AvgIpc) is 2.37. The molecule has 9 heteroatoms. The van der Waals surface area contributed by atoms with Crippen LogP contribution in [-0.4, -0.2) is 61.3 Å². The summed E-state index contributed by atoms with van der Waals surface area (Å²) in [6.45, 7) is 4.72. The molecular weight excluding hydrogens is 307 g/mol. The molecule has 0 N–H and O–H groups in total. The molecule has 0 aromatic heterocycles. The highest BCUT2D eigenvalue weighted by Crippen LogP contribution is 2.23. The van der Waals surface area contributed by atoms with Crippen LogP contribution in [0.15, 0.2) is 0 Å². The van der Waals surface area contributed by atoms with Gasteiger partial charge in [0, 0.05) is 32.6 Å². The Morgan fingerprint density at radius 3 is 2.10 bits per heavy atom. The van der Waals surface area contributed by atoms with E-state index in [9.17, 15) is 21.6 Å². The van der Waals surface area contributed by atoms with Gasteiger partial charge in [0.25, 0.3) is 0 Å². The number of halogens is 3. The van der Waals surface area contributed by atoms with Crippen LogP contribution >= 0.6 is 0 Å². The first-order valence-corrected chi connectivity index (χ1v) is 8.30. The fourth-order valence-corrected chi connectivity index (χ4v) is 3.67. The van der Waals surface area contributed by atoms with Gasteiger partial charge in [0.05, 0.1) is 11.8 Å². The van der Waals surface area contributed by atoms with Crippen LogP contribution in [0.1, 0.15) is 26.7 Å². The molecule has 21 heavy (non-hydrogen) atoms. The molecule has 1 aliphatic rings. The highest BCUT2D eigenvalue weighted by molar-refractivity contribution is 7.89. The molecule has 1 fully saturated rings. The zero-order valence-corrected chi connectivity index (χ0v) is 13.0. The van der Waals surface area contributed by atoms with E-state index in [0.29, 0.717) is 13.1 Å². The third-order valence-corrected chi connectivity index (χ3v) is 5.52. The smallest absolute Gasteiger partial charge is 0.283 e. The lowest BCUT2D eigenvalue weighted by molar-refractivity contribution is -0.134. The molecule has 0 unspecified atom stereocenters. The Morgan fingerprint density at radius 1 is 1.14 bits per heavy atom. The first kappa shape index (κ1) is 18.2. The highest BCUT2D eigenvalue weighted by Gasteiger charge is 2.34. The van der Waals surface area contributed by atoms with Gasteiger partial charge in [-0.3, -0.25) is 4.90 Å². The first-order valence-electron chi connectivity index (χ1n) is 6.69. The Kier molecular flexibility index (Phi) is 5.63. The third kappa shape index (κ3) is 5.45. The zero-order valence-electron chi connectivity index (χ0n) is 12.2. The summed E-state index contributed by atoms with van der Waals surface area (Å²) in [5, 5.41) is 9.03. The summed E-state index contributed by atoms with van der Waals surface area (Å²) in [5.74, 6) is -0.492. The van der Waals surface area contributed by atoms with Crippen molar-refractivity contribution in [3.05, 3.63) is 0 Å². The van der Waals surface area contributed by atoms with E-state index >= 15 is 0 Å². The molecule has 122 valence electrons. The molecule has 0 aromatic rings.